The second-order valence-corrected chi connectivity index (χ2v) is 5.19. The van der Waals surface area contributed by atoms with E-state index in [0.29, 0.717) is 12.3 Å². The maximum atomic E-state index is 9.67. The van der Waals surface area contributed by atoms with Gasteiger partial charge >= 0.3 is 7.12 Å². The minimum atomic E-state index is -0.806. The van der Waals surface area contributed by atoms with E-state index in [2.05, 4.69) is 9.74 Å². The number of nitrogens with zero attached hydrogens (tertiary/aromatic N) is 2. The van der Waals surface area contributed by atoms with Crippen LogP contribution >= 0.6 is 0 Å². The monoisotopic (exact) mass is 278 g/mol. The van der Waals surface area contributed by atoms with Crippen LogP contribution in [0.25, 0.3) is 4.85 Å². The van der Waals surface area contributed by atoms with Crippen molar-refractivity contribution in [1.82, 2.24) is 0 Å². The highest BCUT2D eigenvalue weighted by atomic mass is 16.5. The SMILES string of the molecule is [C-]#[N+]c1ccc(N(C)c2ccc3c(c2)COB3O)c(C)c1. The Bertz CT molecular complexity index is 740. The van der Waals surface area contributed by atoms with E-state index in [9.17, 15) is 5.02 Å². The van der Waals surface area contributed by atoms with Crippen LogP contribution in [-0.4, -0.2) is 19.2 Å². The maximum absolute atomic E-state index is 9.67. The summed E-state index contributed by atoms with van der Waals surface area (Å²) in [6.45, 7) is 9.50. The summed E-state index contributed by atoms with van der Waals surface area (Å²) in [6.07, 6.45) is 0. The molecule has 2 aromatic carbocycles. The van der Waals surface area contributed by atoms with E-state index >= 15 is 0 Å². The summed E-state index contributed by atoms with van der Waals surface area (Å²) in [5.41, 5.74) is 5.65. The molecule has 5 heteroatoms. The number of benzene rings is 2. The summed E-state index contributed by atoms with van der Waals surface area (Å²) in [5, 5.41) is 9.67. The smallest absolute Gasteiger partial charge is 0.423 e. The molecule has 0 aliphatic carbocycles. The van der Waals surface area contributed by atoms with Crippen LogP contribution < -0.4 is 10.4 Å². The predicted molar refractivity (Wildman–Crippen MR) is 84.3 cm³/mol. The first kappa shape index (κ1) is 13.7. The van der Waals surface area contributed by atoms with Crippen LogP contribution in [0.3, 0.4) is 0 Å². The number of aryl methyl sites for hydroxylation is 1. The van der Waals surface area contributed by atoms with Crippen molar-refractivity contribution in [1.29, 1.82) is 0 Å². The van der Waals surface area contributed by atoms with Crippen LogP contribution in [0.5, 0.6) is 0 Å². The normalized spacial score (nSPS) is 13.0. The summed E-state index contributed by atoms with van der Waals surface area (Å²) >= 11 is 0. The highest BCUT2D eigenvalue weighted by Crippen LogP contribution is 2.30. The van der Waals surface area contributed by atoms with E-state index in [-0.39, 0.29) is 0 Å². The standard InChI is InChI=1S/C16H15BN2O2/c1-11-8-13(18-2)4-7-16(11)19(3)14-5-6-15-12(9-14)10-21-17(15)20/h4-9,20H,10H2,1,3H3. The third kappa shape index (κ3) is 2.40. The molecular formula is C16H15BN2O2. The van der Waals surface area contributed by atoms with Crippen molar-refractivity contribution in [2.24, 2.45) is 0 Å². The molecule has 4 nitrogen and oxygen atoms in total. The van der Waals surface area contributed by atoms with Crippen molar-refractivity contribution in [3.05, 3.63) is 58.9 Å². The Labute approximate surface area is 124 Å². The Hall–Kier alpha value is -2.29. The molecule has 1 N–H and O–H groups in total. The first-order valence-electron chi connectivity index (χ1n) is 6.74. The van der Waals surface area contributed by atoms with Gasteiger partial charge in [-0.1, -0.05) is 18.2 Å². The van der Waals surface area contributed by atoms with Crippen molar-refractivity contribution < 1.29 is 9.68 Å². The Kier molecular flexibility index (Phi) is 3.42. The van der Waals surface area contributed by atoms with E-state index < -0.39 is 7.12 Å². The number of rotatable bonds is 2. The summed E-state index contributed by atoms with van der Waals surface area (Å²) in [7, 11) is 1.19. The lowest BCUT2D eigenvalue weighted by Crippen LogP contribution is -2.28. The van der Waals surface area contributed by atoms with Crippen molar-refractivity contribution >= 4 is 29.6 Å². The molecule has 0 atom stereocenters. The zero-order valence-corrected chi connectivity index (χ0v) is 12.0. The predicted octanol–water partition coefficient (Wildman–Crippen LogP) is 2.53. The molecule has 0 saturated heterocycles. The number of anilines is 2. The molecule has 0 unspecified atom stereocenters. The molecule has 0 radical (unpaired) electrons. The fourth-order valence-electron chi connectivity index (χ4n) is 2.65. The van der Waals surface area contributed by atoms with E-state index in [1.807, 2.05) is 50.4 Å². The van der Waals surface area contributed by atoms with E-state index in [4.69, 9.17) is 11.2 Å². The highest BCUT2D eigenvalue weighted by molar-refractivity contribution is 6.61. The largest absolute Gasteiger partial charge is 0.491 e. The first-order valence-corrected chi connectivity index (χ1v) is 6.74. The Balaban J connectivity index is 1.96. The fraction of sp³-hybridized carbons (Fsp3) is 0.188. The molecule has 3 rings (SSSR count). The molecular weight excluding hydrogens is 263 g/mol. The van der Waals surface area contributed by atoms with Gasteiger partial charge in [-0.05, 0) is 41.7 Å². The molecule has 0 fully saturated rings. The Morgan fingerprint density at radius 2 is 2.10 bits per heavy atom. The molecule has 0 saturated carbocycles. The lowest BCUT2D eigenvalue weighted by atomic mass is 9.79. The van der Waals surface area contributed by atoms with Crippen molar-refractivity contribution in [2.45, 2.75) is 13.5 Å². The zero-order chi connectivity index (χ0) is 15.0. The minimum Gasteiger partial charge on any atom is -0.423 e. The molecule has 1 aliphatic heterocycles. The van der Waals surface area contributed by atoms with Gasteiger partial charge in [0.05, 0.1) is 13.2 Å². The average molecular weight is 278 g/mol. The van der Waals surface area contributed by atoms with Gasteiger partial charge in [-0.3, -0.25) is 0 Å². The topological polar surface area (TPSA) is 37.1 Å². The molecule has 0 aromatic heterocycles. The fourth-order valence-corrected chi connectivity index (χ4v) is 2.65. The third-order valence-corrected chi connectivity index (χ3v) is 3.85. The summed E-state index contributed by atoms with van der Waals surface area (Å²) in [6, 6.07) is 11.6. The zero-order valence-electron chi connectivity index (χ0n) is 12.0. The molecule has 21 heavy (non-hydrogen) atoms. The van der Waals surface area contributed by atoms with Crippen molar-refractivity contribution in [2.75, 3.05) is 11.9 Å². The van der Waals surface area contributed by atoms with Gasteiger partial charge in [-0.25, -0.2) is 4.85 Å². The number of hydrogen-bond acceptors (Lipinski definition) is 3. The molecule has 0 bridgehead atoms. The second kappa shape index (κ2) is 5.25. The molecule has 0 spiro atoms. The third-order valence-electron chi connectivity index (χ3n) is 3.85. The molecule has 2 aromatic rings. The average Bonchev–Trinajstić information content (AvgIpc) is 2.87. The van der Waals surface area contributed by atoms with Crippen LogP contribution in [0.1, 0.15) is 11.1 Å². The lowest BCUT2D eigenvalue weighted by Gasteiger charge is -2.22. The van der Waals surface area contributed by atoms with Gasteiger partial charge in [0.1, 0.15) is 0 Å². The first-order chi connectivity index (χ1) is 10.1. The summed E-state index contributed by atoms with van der Waals surface area (Å²) < 4.78 is 5.22. The number of fused-ring (bicyclic) bond motifs is 1. The van der Waals surface area contributed by atoms with Crippen LogP contribution in [0.4, 0.5) is 17.1 Å². The van der Waals surface area contributed by atoms with E-state index in [1.165, 1.54) is 0 Å². The van der Waals surface area contributed by atoms with E-state index in [1.54, 1.807) is 0 Å². The Morgan fingerprint density at radius 3 is 2.81 bits per heavy atom. The minimum absolute atomic E-state index is 0.438. The van der Waals surface area contributed by atoms with Crippen molar-refractivity contribution in [3.8, 4) is 0 Å². The van der Waals surface area contributed by atoms with Gasteiger partial charge in [0, 0.05) is 18.4 Å². The highest BCUT2D eigenvalue weighted by Gasteiger charge is 2.27. The Morgan fingerprint density at radius 1 is 1.29 bits per heavy atom. The van der Waals surface area contributed by atoms with Crippen LogP contribution in [0.2, 0.25) is 0 Å². The van der Waals surface area contributed by atoms with E-state index in [0.717, 1.165) is 28.0 Å². The van der Waals surface area contributed by atoms with Gasteiger partial charge in [0.15, 0.2) is 5.69 Å². The maximum Gasteiger partial charge on any atom is 0.491 e. The van der Waals surface area contributed by atoms with Crippen molar-refractivity contribution in [3.63, 3.8) is 0 Å². The second-order valence-electron chi connectivity index (χ2n) is 5.19. The quantitative estimate of drug-likeness (QED) is 0.677. The van der Waals surface area contributed by atoms with Gasteiger partial charge in [0.25, 0.3) is 0 Å². The van der Waals surface area contributed by atoms with Gasteiger partial charge in [-0.2, -0.15) is 0 Å². The van der Waals surface area contributed by atoms with Crippen LogP contribution in [-0.2, 0) is 11.3 Å². The molecule has 0 amide bonds. The summed E-state index contributed by atoms with van der Waals surface area (Å²) in [5.74, 6) is 0. The lowest BCUT2D eigenvalue weighted by molar-refractivity contribution is 0.275. The number of hydrogen-bond donors (Lipinski definition) is 1. The van der Waals surface area contributed by atoms with Crippen LogP contribution in [0.15, 0.2) is 36.4 Å². The summed E-state index contributed by atoms with van der Waals surface area (Å²) in [4.78, 5) is 5.52. The van der Waals surface area contributed by atoms with Crippen LogP contribution in [0, 0.1) is 13.5 Å². The van der Waals surface area contributed by atoms with Gasteiger partial charge in [0.2, 0.25) is 0 Å². The molecule has 1 heterocycles. The molecule has 104 valence electrons. The molecule has 1 aliphatic rings. The van der Waals surface area contributed by atoms with Gasteiger partial charge < -0.3 is 14.6 Å². The van der Waals surface area contributed by atoms with Gasteiger partial charge in [-0.15, -0.1) is 0 Å².